The minimum Gasteiger partial charge on any atom is -0.383 e. The van der Waals surface area contributed by atoms with Crippen molar-refractivity contribution >= 4 is 17.4 Å². The maximum absolute atomic E-state index is 10.9. The normalized spacial score (nSPS) is 16.1. The molecule has 6 nitrogen and oxygen atoms in total. The van der Waals surface area contributed by atoms with Crippen molar-refractivity contribution in [2.75, 3.05) is 50.0 Å². The zero-order valence-corrected chi connectivity index (χ0v) is 11.2. The summed E-state index contributed by atoms with van der Waals surface area (Å²) in [5, 5.41) is 5.95. The lowest BCUT2D eigenvalue weighted by Crippen LogP contribution is -2.39. The Morgan fingerprint density at radius 1 is 1.42 bits per heavy atom. The van der Waals surface area contributed by atoms with E-state index in [2.05, 4.69) is 20.5 Å². The quantitative estimate of drug-likeness (QED) is 0.823. The Morgan fingerprint density at radius 3 is 2.84 bits per heavy atom. The summed E-state index contributed by atoms with van der Waals surface area (Å²) >= 11 is 0. The average molecular weight is 264 g/mol. The molecule has 1 aliphatic heterocycles. The summed E-state index contributed by atoms with van der Waals surface area (Å²) in [4.78, 5) is 17.4. The molecule has 0 atom stereocenters. The van der Waals surface area contributed by atoms with Gasteiger partial charge in [-0.2, -0.15) is 0 Å². The van der Waals surface area contributed by atoms with Gasteiger partial charge in [0, 0.05) is 33.1 Å². The number of rotatable bonds is 5. The molecule has 2 heterocycles. The number of pyridine rings is 1. The Morgan fingerprint density at radius 2 is 2.21 bits per heavy atom. The van der Waals surface area contributed by atoms with Crippen LogP contribution in [0.3, 0.4) is 0 Å². The van der Waals surface area contributed by atoms with Crippen LogP contribution in [-0.2, 0) is 9.53 Å². The molecule has 0 aliphatic carbocycles. The van der Waals surface area contributed by atoms with Crippen LogP contribution in [0.25, 0.3) is 0 Å². The lowest BCUT2D eigenvalue weighted by atomic mass is 10.3. The van der Waals surface area contributed by atoms with E-state index in [9.17, 15) is 4.79 Å². The highest BCUT2D eigenvalue weighted by atomic mass is 16.5. The molecule has 1 aromatic heterocycles. The molecule has 1 amide bonds. The Kier molecular flexibility index (Phi) is 5.11. The molecule has 0 saturated carbocycles. The first-order chi connectivity index (χ1) is 9.24. The van der Waals surface area contributed by atoms with Gasteiger partial charge in [0.25, 0.3) is 0 Å². The van der Waals surface area contributed by atoms with Gasteiger partial charge in [-0.3, -0.25) is 9.69 Å². The highest BCUT2D eigenvalue weighted by Crippen LogP contribution is 2.09. The number of hydrogen-bond donors (Lipinski definition) is 2. The predicted octanol–water partition coefficient (Wildman–Crippen LogP) is 0.784. The Labute approximate surface area is 113 Å². The van der Waals surface area contributed by atoms with E-state index in [4.69, 9.17) is 4.74 Å². The smallest absolute Gasteiger partial charge is 0.222 e. The number of hydrogen-bond acceptors (Lipinski definition) is 5. The molecule has 0 aromatic carbocycles. The number of aromatic nitrogens is 1. The zero-order chi connectivity index (χ0) is 13.5. The minimum atomic E-state index is -0.111. The Balaban J connectivity index is 1.71. The van der Waals surface area contributed by atoms with Gasteiger partial charge in [0.05, 0.1) is 25.1 Å². The third-order valence-electron chi connectivity index (χ3n) is 2.93. The summed E-state index contributed by atoms with van der Waals surface area (Å²) < 4.78 is 5.30. The summed E-state index contributed by atoms with van der Waals surface area (Å²) in [6, 6.07) is 3.70. The van der Waals surface area contributed by atoms with E-state index in [1.54, 1.807) is 12.3 Å². The maximum atomic E-state index is 10.9. The van der Waals surface area contributed by atoms with Crippen molar-refractivity contribution in [3.63, 3.8) is 0 Å². The number of nitrogens with zero attached hydrogens (tertiary/aromatic N) is 2. The fraction of sp³-hybridized carbons (Fsp3) is 0.538. The molecule has 6 heteroatoms. The molecule has 2 N–H and O–H groups in total. The molecule has 104 valence electrons. The molecule has 1 aromatic rings. The van der Waals surface area contributed by atoms with Gasteiger partial charge in [-0.15, -0.1) is 0 Å². The lowest BCUT2D eigenvalue weighted by Gasteiger charge is -2.26. The predicted molar refractivity (Wildman–Crippen MR) is 74.3 cm³/mol. The number of carbonyl (C=O) groups excluding carboxylic acids is 1. The van der Waals surface area contributed by atoms with Gasteiger partial charge in [-0.05, 0) is 12.1 Å². The van der Waals surface area contributed by atoms with Gasteiger partial charge >= 0.3 is 0 Å². The van der Waals surface area contributed by atoms with Crippen LogP contribution in [-0.4, -0.2) is 55.2 Å². The van der Waals surface area contributed by atoms with Gasteiger partial charge in [-0.1, -0.05) is 0 Å². The maximum Gasteiger partial charge on any atom is 0.222 e. The molecule has 1 fully saturated rings. The Hall–Kier alpha value is -1.66. The monoisotopic (exact) mass is 264 g/mol. The van der Waals surface area contributed by atoms with Crippen LogP contribution in [0.5, 0.6) is 0 Å². The third kappa shape index (κ3) is 4.84. The van der Waals surface area contributed by atoms with E-state index < -0.39 is 0 Å². The summed E-state index contributed by atoms with van der Waals surface area (Å²) in [5.41, 5.74) is 0.961. The van der Waals surface area contributed by atoms with Crippen LogP contribution in [0, 0.1) is 0 Å². The number of carbonyl (C=O) groups is 1. The van der Waals surface area contributed by atoms with Crippen LogP contribution in [0.2, 0.25) is 0 Å². The number of ether oxygens (including phenoxy) is 1. The Bertz CT molecular complexity index is 402. The molecular formula is C13H20N4O2. The molecule has 0 radical (unpaired) electrons. The molecule has 0 unspecified atom stereocenters. The second-order valence-corrected chi connectivity index (χ2v) is 4.49. The van der Waals surface area contributed by atoms with Crippen LogP contribution in [0.1, 0.15) is 6.92 Å². The molecular weight excluding hydrogens is 244 g/mol. The van der Waals surface area contributed by atoms with Crippen LogP contribution in [0.15, 0.2) is 18.3 Å². The van der Waals surface area contributed by atoms with E-state index in [0.29, 0.717) is 5.82 Å². The molecule has 2 rings (SSSR count). The van der Waals surface area contributed by atoms with Gasteiger partial charge in [0.1, 0.15) is 5.82 Å². The summed E-state index contributed by atoms with van der Waals surface area (Å²) in [6.07, 6.45) is 1.73. The molecule has 1 saturated heterocycles. The summed E-state index contributed by atoms with van der Waals surface area (Å²) in [5.74, 6) is 0.465. The fourth-order valence-corrected chi connectivity index (χ4v) is 1.94. The first kappa shape index (κ1) is 13.8. The van der Waals surface area contributed by atoms with Crippen molar-refractivity contribution in [3.05, 3.63) is 18.3 Å². The van der Waals surface area contributed by atoms with E-state index in [0.717, 1.165) is 45.1 Å². The average Bonchev–Trinajstić information content (AvgIpc) is 2.41. The number of morpholine rings is 1. The van der Waals surface area contributed by atoms with Gasteiger partial charge in [0.15, 0.2) is 0 Å². The number of amides is 1. The largest absolute Gasteiger partial charge is 0.383 e. The summed E-state index contributed by atoms with van der Waals surface area (Å²) in [7, 11) is 0. The van der Waals surface area contributed by atoms with E-state index in [1.165, 1.54) is 6.92 Å². The molecule has 1 aliphatic rings. The van der Waals surface area contributed by atoms with Crippen molar-refractivity contribution in [2.45, 2.75) is 6.92 Å². The highest BCUT2D eigenvalue weighted by molar-refractivity contribution is 5.87. The van der Waals surface area contributed by atoms with E-state index in [-0.39, 0.29) is 5.91 Å². The highest BCUT2D eigenvalue weighted by Gasteiger charge is 2.09. The van der Waals surface area contributed by atoms with Crippen molar-refractivity contribution in [1.29, 1.82) is 0 Å². The SMILES string of the molecule is CC(=O)Nc1ccc(NCCN2CCOCC2)cn1. The second-order valence-electron chi connectivity index (χ2n) is 4.49. The van der Waals surface area contributed by atoms with Crippen molar-refractivity contribution in [3.8, 4) is 0 Å². The minimum absolute atomic E-state index is 0.111. The summed E-state index contributed by atoms with van der Waals surface area (Å²) in [6.45, 7) is 7.00. The van der Waals surface area contributed by atoms with Gasteiger partial charge in [-0.25, -0.2) is 4.98 Å². The van der Waals surface area contributed by atoms with Crippen LogP contribution < -0.4 is 10.6 Å². The molecule has 19 heavy (non-hydrogen) atoms. The van der Waals surface area contributed by atoms with Crippen molar-refractivity contribution < 1.29 is 9.53 Å². The zero-order valence-electron chi connectivity index (χ0n) is 11.2. The van der Waals surface area contributed by atoms with Crippen LogP contribution in [0.4, 0.5) is 11.5 Å². The van der Waals surface area contributed by atoms with Crippen molar-refractivity contribution in [2.24, 2.45) is 0 Å². The number of anilines is 2. The standard InChI is InChI=1S/C13H20N4O2/c1-11(18)16-13-3-2-12(10-15-13)14-4-5-17-6-8-19-9-7-17/h2-3,10,14H,4-9H2,1H3,(H,15,16,18). The molecule has 0 bridgehead atoms. The van der Waals surface area contributed by atoms with Gasteiger partial charge in [0.2, 0.25) is 5.91 Å². The topological polar surface area (TPSA) is 66.5 Å². The van der Waals surface area contributed by atoms with Gasteiger partial charge < -0.3 is 15.4 Å². The van der Waals surface area contributed by atoms with E-state index in [1.807, 2.05) is 6.07 Å². The van der Waals surface area contributed by atoms with Crippen molar-refractivity contribution in [1.82, 2.24) is 9.88 Å². The number of nitrogens with one attached hydrogen (secondary N) is 2. The first-order valence-electron chi connectivity index (χ1n) is 6.51. The lowest BCUT2D eigenvalue weighted by molar-refractivity contribution is -0.114. The second kappa shape index (κ2) is 7.06. The fourth-order valence-electron chi connectivity index (χ4n) is 1.94. The first-order valence-corrected chi connectivity index (χ1v) is 6.51. The molecule has 0 spiro atoms. The van der Waals surface area contributed by atoms with E-state index >= 15 is 0 Å². The van der Waals surface area contributed by atoms with Crippen LogP contribution >= 0.6 is 0 Å². The third-order valence-corrected chi connectivity index (χ3v) is 2.93.